The Morgan fingerprint density at radius 3 is 2.77 bits per heavy atom. The maximum absolute atomic E-state index is 14.0. The van der Waals surface area contributed by atoms with E-state index in [2.05, 4.69) is 4.90 Å². The number of aryl methyl sites for hydroxylation is 1. The second kappa shape index (κ2) is 15.8. The number of aliphatic hydroxyl groups is 1. The summed E-state index contributed by atoms with van der Waals surface area (Å²) in [5.41, 5.74) is 3.59. The number of nitrogens with zero attached hydrogens (tertiary/aromatic N) is 1. The summed E-state index contributed by atoms with van der Waals surface area (Å²) in [6.07, 6.45) is 6.85. The average Bonchev–Trinajstić information content (AvgIpc) is 3.34. The Hall–Kier alpha value is -2.74. The summed E-state index contributed by atoms with van der Waals surface area (Å²) >= 11 is 0. The van der Waals surface area contributed by atoms with Crippen LogP contribution >= 0.6 is 0 Å². The molecule has 1 saturated heterocycles. The molecule has 214 valence electrons. The van der Waals surface area contributed by atoms with Gasteiger partial charge in [0.15, 0.2) is 0 Å². The Balaban J connectivity index is 1.57. The van der Waals surface area contributed by atoms with Crippen molar-refractivity contribution < 1.29 is 28.5 Å². The van der Waals surface area contributed by atoms with E-state index >= 15 is 0 Å². The summed E-state index contributed by atoms with van der Waals surface area (Å²) in [5, 5.41) is 10.8. The third-order valence-corrected chi connectivity index (χ3v) is 7.12. The number of halogens is 1. The molecule has 7 heteroatoms. The fourth-order valence-corrected chi connectivity index (χ4v) is 5.03. The second-order valence-electron chi connectivity index (χ2n) is 10.2. The van der Waals surface area contributed by atoms with E-state index < -0.39 is 6.10 Å². The van der Waals surface area contributed by atoms with Crippen LogP contribution in [0.5, 0.6) is 5.75 Å². The van der Waals surface area contributed by atoms with Gasteiger partial charge in [-0.3, -0.25) is 9.69 Å². The van der Waals surface area contributed by atoms with E-state index in [1.807, 2.05) is 56.3 Å². The Kier molecular flexibility index (Phi) is 12.4. The minimum Gasteiger partial charge on any atom is -0.494 e. The van der Waals surface area contributed by atoms with Crippen molar-refractivity contribution in [1.29, 1.82) is 0 Å². The van der Waals surface area contributed by atoms with Crippen LogP contribution in [-0.4, -0.2) is 61.0 Å². The molecule has 1 aliphatic rings. The molecule has 1 N–H and O–H groups in total. The van der Waals surface area contributed by atoms with E-state index in [9.17, 15) is 14.3 Å². The number of hydrogen-bond donors (Lipinski definition) is 1. The standard InChI is InChI=1S/C32H44FNO5/c1-5-37-29-16-15-26(10-7-8-12-32(36)38-6-2)30(20-29)24(4)39-22-28(35)21-34-17-9-11-27(34)18-25-14-13-23(3)31(33)19-25/h7,10,13-16,19-20,24,27-28,35H,5-6,8-9,11-12,17-18,21-22H2,1-4H3/b10-7+/t24-,27+,28-/m1/s1. The topological polar surface area (TPSA) is 68.2 Å². The number of carbonyl (C=O) groups excluding carboxylic acids is 1. The van der Waals surface area contributed by atoms with E-state index in [0.717, 1.165) is 48.2 Å². The molecule has 0 spiro atoms. The number of esters is 1. The smallest absolute Gasteiger partial charge is 0.306 e. The average molecular weight is 542 g/mol. The molecule has 0 unspecified atom stereocenters. The van der Waals surface area contributed by atoms with Crippen molar-refractivity contribution in [3.05, 3.63) is 70.5 Å². The number of allylic oxidation sites excluding steroid dienone is 1. The van der Waals surface area contributed by atoms with Crippen LogP contribution in [0.1, 0.15) is 74.8 Å². The summed E-state index contributed by atoms with van der Waals surface area (Å²) in [7, 11) is 0. The van der Waals surface area contributed by atoms with E-state index in [1.54, 1.807) is 19.9 Å². The summed E-state index contributed by atoms with van der Waals surface area (Å²) < 4.78 is 30.9. The third-order valence-electron chi connectivity index (χ3n) is 7.12. The summed E-state index contributed by atoms with van der Waals surface area (Å²) in [6.45, 7) is 10.1. The first kappa shape index (κ1) is 30.8. The van der Waals surface area contributed by atoms with E-state index in [-0.39, 0.29) is 30.5 Å². The van der Waals surface area contributed by atoms with Gasteiger partial charge in [-0.1, -0.05) is 30.4 Å². The molecule has 1 fully saturated rings. The molecule has 2 aromatic rings. The number of ether oxygens (including phenoxy) is 3. The van der Waals surface area contributed by atoms with Crippen molar-refractivity contribution in [3.8, 4) is 5.75 Å². The lowest BCUT2D eigenvalue weighted by Gasteiger charge is -2.27. The van der Waals surface area contributed by atoms with Gasteiger partial charge in [-0.15, -0.1) is 0 Å². The summed E-state index contributed by atoms with van der Waals surface area (Å²) in [4.78, 5) is 13.9. The first-order valence-corrected chi connectivity index (χ1v) is 14.2. The molecule has 1 aliphatic heterocycles. The lowest BCUT2D eigenvalue weighted by atomic mass is 10.0. The molecule has 39 heavy (non-hydrogen) atoms. The molecule has 3 rings (SSSR count). The number of β-amino-alcohol motifs (C(OH)–C–C–N with tert-alkyl or cyclic N) is 1. The highest BCUT2D eigenvalue weighted by Crippen LogP contribution is 2.28. The minimum absolute atomic E-state index is 0.166. The van der Waals surface area contributed by atoms with Gasteiger partial charge in [0.2, 0.25) is 0 Å². The monoisotopic (exact) mass is 541 g/mol. The zero-order valence-corrected chi connectivity index (χ0v) is 23.8. The van der Waals surface area contributed by atoms with E-state index in [0.29, 0.717) is 38.2 Å². The molecule has 0 radical (unpaired) electrons. The quantitative estimate of drug-likeness (QED) is 0.278. The Labute approximate surface area is 232 Å². The first-order chi connectivity index (χ1) is 18.8. The van der Waals surface area contributed by atoms with Gasteiger partial charge in [0.05, 0.1) is 32.0 Å². The van der Waals surface area contributed by atoms with Crippen molar-refractivity contribution in [1.82, 2.24) is 4.90 Å². The molecular formula is C32H44FNO5. The second-order valence-corrected chi connectivity index (χ2v) is 10.2. The zero-order chi connectivity index (χ0) is 28.2. The first-order valence-electron chi connectivity index (χ1n) is 14.2. The lowest BCUT2D eigenvalue weighted by molar-refractivity contribution is -0.143. The van der Waals surface area contributed by atoms with Crippen LogP contribution in [0, 0.1) is 12.7 Å². The fourth-order valence-electron chi connectivity index (χ4n) is 5.03. The number of benzene rings is 2. The van der Waals surface area contributed by atoms with Crippen molar-refractivity contribution in [2.75, 3.05) is 32.9 Å². The third kappa shape index (κ3) is 9.75. The van der Waals surface area contributed by atoms with Crippen molar-refractivity contribution in [3.63, 3.8) is 0 Å². The predicted octanol–water partition coefficient (Wildman–Crippen LogP) is 6.03. The van der Waals surface area contributed by atoms with Gasteiger partial charge in [0.25, 0.3) is 0 Å². The van der Waals surface area contributed by atoms with Gasteiger partial charge in [0, 0.05) is 19.0 Å². The molecule has 6 nitrogen and oxygen atoms in total. The van der Waals surface area contributed by atoms with Crippen molar-refractivity contribution >= 4 is 12.0 Å². The number of rotatable bonds is 15. The van der Waals surface area contributed by atoms with Gasteiger partial charge in [0.1, 0.15) is 11.6 Å². The van der Waals surface area contributed by atoms with E-state index in [1.165, 1.54) is 0 Å². The molecule has 1 heterocycles. The highest BCUT2D eigenvalue weighted by atomic mass is 19.1. The van der Waals surface area contributed by atoms with Crippen LogP contribution in [0.25, 0.3) is 6.08 Å². The highest BCUT2D eigenvalue weighted by Gasteiger charge is 2.27. The van der Waals surface area contributed by atoms with Crippen LogP contribution in [-0.2, 0) is 20.7 Å². The Bertz CT molecular complexity index is 1090. The Morgan fingerprint density at radius 2 is 2.03 bits per heavy atom. The molecule has 0 bridgehead atoms. The predicted molar refractivity (Wildman–Crippen MR) is 152 cm³/mol. The normalized spacial score (nSPS) is 17.4. The SMILES string of the molecule is CCOC(=O)CC/C=C/c1ccc(OCC)cc1[C@@H](C)OC[C@H](O)CN1CCC[C@H]1Cc1ccc(C)c(F)c1. The van der Waals surface area contributed by atoms with Crippen LogP contribution < -0.4 is 4.74 Å². The van der Waals surface area contributed by atoms with Gasteiger partial charge in [-0.25, -0.2) is 4.39 Å². The lowest BCUT2D eigenvalue weighted by Crippen LogP contribution is -2.39. The zero-order valence-electron chi connectivity index (χ0n) is 23.8. The van der Waals surface area contributed by atoms with Crippen LogP contribution in [0.3, 0.4) is 0 Å². The Morgan fingerprint density at radius 1 is 1.21 bits per heavy atom. The highest BCUT2D eigenvalue weighted by molar-refractivity contribution is 5.69. The molecular weight excluding hydrogens is 497 g/mol. The molecule has 2 aromatic carbocycles. The molecule has 0 aromatic heterocycles. The van der Waals surface area contributed by atoms with Crippen LogP contribution in [0.15, 0.2) is 42.5 Å². The van der Waals surface area contributed by atoms with Crippen LogP contribution in [0.4, 0.5) is 4.39 Å². The van der Waals surface area contributed by atoms with E-state index in [4.69, 9.17) is 14.2 Å². The molecule has 0 amide bonds. The minimum atomic E-state index is -0.638. The fraction of sp³-hybridized carbons (Fsp3) is 0.531. The van der Waals surface area contributed by atoms with Gasteiger partial charge < -0.3 is 19.3 Å². The van der Waals surface area contributed by atoms with Gasteiger partial charge in [-0.2, -0.15) is 0 Å². The summed E-state index contributed by atoms with van der Waals surface area (Å²) in [6, 6.07) is 11.6. The number of aliphatic hydroxyl groups excluding tert-OH is 1. The molecule has 0 saturated carbocycles. The molecule has 0 aliphatic carbocycles. The number of hydrogen-bond acceptors (Lipinski definition) is 6. The van der Waals surface area contributed by atoms with Crippen LogP contribution in [0.2, 0.25) is 0 Å². The van der Waals surface area contributed by atoms with Gasteiger partial charge in [-0.05, 0) is 100 Å². The largest absolute Gasteiger partial charge is 0.494 e. The number of carbonyl (C=O) groups is 1. The maximum Gasteiger partial charge on any atom is 0.306 e. The summed E-state index contributed by atoms with van der Waals surface area (Å²) in [5.74, 6) is 0.395. The van der Waals surface area contributed by atoms with Gasteiger partial charge >= 0.3 is 5.97 Å². The number of likely N-dealkylation sites (tertiary alicyclic amines) is 1. The maximum atomic E-state index is 14.0. The van der Waals surface area contributed by atoms with Crippen molar-refractivity contribution in [2.45, 2.75) is 78.0 Å². The molecule has 3 atom stereocenters. The van der Waals surface area contributed by atoms with Crippen molar-refractivity contribution in [2.24, 2.45) is 0 Å².